The largest absolute Gasteiger partial charge is 0.454 e. The van der Waals surface area contributed by atoms with Gasteiger partial charge in [0.05, 0.1) is 5.69 Å². The fourth-order valence-electron chi connectivity index (χ4n) is 1.89. The van der Waals surface area contributed by atoms with Gasteiger partial charge in [-0.1, -0.05) is 6.07 Å². The summed E-state index contributed by atoms with van der Waals surface area (Å²) >= 11 is 0. The molecule has 0 spiro atoms. The van der Waals surface area contributed by atoms with E-state index in [2.05, 4.69) is 9.97 Å². The van der Waals surface area contributed by atoms with Crippen LogP contribution in [-0.4, -0.2) is 16.8 Å². The topological polar surface area (TPSA) is 96.3 Å². The molecule has 1 aliphatic heterocycles. The van der Waals surface area contributed by atoms with Gasteiger partial charge in [0, 0.05) is 6.42 Å². The third kappa shape index (κ3) is 2.10. The van der Waals surface area contributed by atoms with Crippen LogP contribution >= 0.6 is 0 Å². The standard InChI is InChI=1S/C12H11FN4O2/c13-10-7(16-12(15)17-11(10)14)3-6-1-2-8-9(4-6)19-5-18-8/h1-2,4H,3,5H2,(H4,14,15,16,17). The molecule has 0 fully saturated rings. The zero-order chi connectivity index (χ0) is 13.4. The summed E-state index contributed by atoms with van der Waals surface area (Å²) < 4.78 is 24.2. The van der Waals surface area contributed by atoms with Gasteiger partial charge in [0.1, 0.15) is 0 Å². The van der Waals surface area contributed by atoms with Gasteiger partial charge in [-0.05, 0) is 17.7 Å². The Morgan fingerprint density at radius 3 is 2.79 bits per heavy atom. The molecule has 6 nitrogen and oxygen atoms in total. The Balaban J connectivity index is 1.93. The maximum atomic E-state index is 13.8. The highest BCUT2D eigenvalue weighted by molar-refractivity contribution is 5.46. The van der Waals surface area contributed by atoms with E-state index in [1.807, 2.05) is 0 Å². The molecule has 2 heterocycles. The number of rotatable bonds is 2. The molecule has 0 atom stereocenters. The first-order chi connectivity index (χ1) is 9.13. The molecule has 1 aliphatic rings. The first-order valence-corrected chi connectivity index (χ1v) is 5.59. The van der Waals surface area contributed by atoms with Gasteiger partial charge in [-0.3, -0.25) is 0 Å². The number of nitrogens with two attached hydrogens (primary N) is 2. The zero-order valence-corrected chi connectivity index (χ0v) is 9.89. The average Bonchev–Trinajstić information content (AvgIpc) is 2.82. The van der Waals surface area contributed by atoms with Crippen LogP contribution in [0.25, 0.3) is 0 Å². The number of anilines is 2. The second-order valence-electron chi connectivity index (χ2n) is 4.09. The van der Waals surface area contributed by atoms with Gasteiger partial charge in [-0.2, -0.15) is 4.98 Å². The normalized spacial score (nSPS) is 12.7. The van der Waals surface area contributed by atoms with Gasteiger partial charge in [0.25, 0.3) is 0 Å². The van der Waals surface area contributed by atoms with Crippen LogP contribution in [0.2, 0.25) is 0 Å². The highest BCUT2D eigenvalue weighted by atomic mass is 19.1. The van der Waals surface area contributed by atoms with E-state index in [9.17, 15) is 4.39 Å². The second-order valence-corrected chi connectivity index (χ2v) is 4.09. The highest BCUT2D eigenvalue weighted by Crippen LogP contribution is 2.33. The van der Waals surface area contributed by atoms with Gasteiger partial charge in [-0.25, -0.2) is 9.37 Å². The first kappa shape index (κ1) is 11.5. The fraction of sp³-hybridized carbons (Fsp3) is 0.167. The predicted octanol–water partition coefficient (Wildman–Crippen LogP) is 1.10. The molecule has 4 N–H and O–H groups in total. The second kappa shape index (κ2) is 4.27. The van der Waals surface area contributed by atoms with Crippen molar-refractivity contribution in [1.82, 2.24) is 9.97 Å². The zero-order valence-electron chi connectivity index (χ0n) is 9.89. The minimum absolute atomic E-state index is 0.0466. The van der Waals surface area contributed by atoms with Crippen molar-refractivity contribution in [1.29, 1.82) is 0 Å². The van der Waals surface area contributed by atoms with Crippen LogP contribution in [0.5, 0.6) is 11.5 Å². The van der Waals surface area contributed by atoms with Gasteiger partial charge in [0.15, 0.2) is 23.1 Å². The molecule has 98 valence electrons. The van der Waals surface area contributed by atoms with Crippen LogP contribution in [0.1, 0.15) is 11.3 Å². The first-order valence-electron chi connectivity index (χ1n) is 5.59. The van der Waals surface area contributed by atoms with Crippen molar-refractivity contribution in [3.05, 3.63) is 35.3 Å². The van der Waals surface area contributed by atoms with Crippen molar-refractivity contribution in [2.45, 2.75) is 6.42 Å². The molecule has 0 aliphatic carbocycles. The highest BCUT2D eigenvalue weighted by Gasteiger charge is 2.16. The lowest BCUT2D eigenvalue weighted by Crippen LogP contribution is -2.08. The molecule has 0 amide bonds. The molecule has 1 aromatic carbocycles. The Bertz CT molecular complexity index is 648. The molecule has 0 radical (unpaired) electrons. The predicted molar refractivity (Wildman–Crippen MR) is 66.2 cm³/mol. The summed E-state index contributed by atoms with van der Waals surface area (Å²) in [6.07, 6.45) is 0.249. The van der Waals surface area contributed by atoms with Gasteiger partial charge in [-0.15, -0.1) is 0 Å². The number of hydrogen-bond donors (Lipinski definition) is 2. The number of halogens is 1. The molecule has 3 rings (SSSR count). The van der Waals surface area contributed by atoms with E-state index in [1.54, 1.807) is 18.2 Å². The summed E-state index contributed by atoms with van der Waals surface area (Å²) in [4.78, 5) is 7.42. The van der Waals surface area contributed by atoms with E-state index in [0.717, 1.165) is 5.56 Å². The number of benzene rings is 1. The molecule has 1 aromatic heterocycles. The Morgan fingerprint density at radius 2 is 1.95 bits per heavy atom. The van der Waals surface area contributed by atoms with Crippen molar-refractivity contribution in [3.8, 4) is 11.5 Å². The molecule has 19 heavy (non-hydrogen) atoms. The lowest BCUT2D eigenvalue weighted by atomic mass is 10.1. The van der Waals surface area contributed by atoms with Crippen LogP contribution in [0.15, 0.2) is 18.2 Å². The van der Waals surface area contributed by atoms with Gasteiger partial charge >= 0.3 is 0 Å². The minimum atomic E-state index is -0.646. The van der Waals surface area contributed by atoms with Crippen LogP contribution in [0, 0.1) is 5.82 Å². The summed E-state index contributed by atoms with van der Waals surface area (Å²) in [5.74, 6) is 0.364. The van der Waals surface area contributed by atoms with Crippen molar-refractivity contribution >= 4 is 11.8 Å². The van der Waals surface area contributed by atoms with E-state index in [0.29, 0.717) is 11.5 Å². The lowest BCUT2D eigenvalue weighted by molar-refractivity contribution is 0.174. The van der Waals surface area contributed by atoms with E-state index < -0.39 is 5.82 Å². The maximum absolute atomic E-state index is 13.8. The summed E-state index contributed by atoms with van der Waals surface area (Å²) in [6.45, 7) is 0.195. The maximum Gasteiger partial charge on any atom is 0.231 e. The monoisotopic (exact) mass is 262 g/mol. The number of fused-ring (bicyclic) bond motifs is 1. The van der Waals surface area contributed by atoms with Crippen molar-refractivity contribution in [2.24, 2.45) is 0 Å². The van der Waals surface area contributed by atoms with E-state index in [-0.39, 0.29) is 30.7 Å². The number of nitrogens with zero attached hydrogens (tertiary/aromatic N) is 2. The number of ether oxygens (including phenoxy) is 2. The molecule has 0 bridgehead atoms. The lowest BCUT2D eigenvalue weighted by Gasteiger charge is -2.06. The van der Waals surface area contributed by atoms with Crippen LogP contribution in [0.4, 0.5) is 16.2 Å². The molecule has 0 saturated carbocycles. The summed E-state index contributed by atoms with van der Waals surface area (Å²) in [5.41, 5.74) is 11.8. The molecular weight excluding hydrogens is 251 g/mol. The molecular formula is C12H11FN4O2. The summed E-state index contributed by atoms with van der Waals surface area (Å²) in [5, 5.41) is 0. The van der Waals surface area contributed by atoms with E-state index in [1.165, 1.54) is 0 Å². The number of hydrogen-bond acceptors (Lipinski definition) is 6. The molecule has 0 saturated heterocycles. The molecule has 0 unspecified atom stereocenters. The fourth-order valence-corrected chi connectivity index (χ4v) is 1.89. The third-order valence-corrected chi connectivity index (χ3v) is 2.77. The summed E-state index contributed by atoms with van der Waals surface area (Å²) in [7, 11) is 0. The average molecular weight is 262 g/mol. The smallest absolute Gasteiger partial charge is 0.231 e. The van der Waals surface area contributed by atoms with Crippen LogP contribution in [0.3, 0.4) is 0 Å². The van der Waals surface area contributed by atoms with Crippen molar-refractivity contribution in [3.63, 3.8) is 0 Å². The van der Waals surface area contributed by atoms with Crippen LogP contribution in [-0.2, 0) is 6.42 Å². The quantitative estimate of drug-likeness (QED) is 0.841. The Labute approximate surface area is 108 Å². The van der Waals surface area contributed by atoms with Gasteiger partial charge in [0.2, 0.25) is 12.7 Å². The Hall–Kier alpha value is -2.57. The Morgan fingerprint density at radius 1 is 1.16 bits per heavy atom. The van der Waals surface area contributed by atoms with Crippen molar-refractivity contribution < 1.29 is 13.9 Å². The number of nitrogen functional groups attached to an aromatic ring is 2. The molecule has 2 aromatic rings. The summed E-state index contributed by atoms with van der Waals surface area (Å²) in [6, 6.07) is 5.35. The SMILES string of the molecule is Nc1nc(N)c(F)c(Cc2ccc3c(c2)OCO3)n1. The van der Waals surface area contributed by atoms with Crippen LogP contribution < -0.4 is 20.9 Å². The van der Waals surface area contributed by atoms with Crippen molar-refractivity contribution in [2.75, 3.05) is 18.3 Å². The Kier molecular flexibility index (Phi) is 2.59. The van der Waals surface area contributed by atoms with E-state index in [4.69, 9.17) is 20.9 Å². The molecule has 7 heteroatoms. The van der Waals surface area contributed by atoms with E-state index >= 15 is 0 Å². The number of aromatic nitrogens is 2. The van der Waals surface area contributed by atoms with Gasteiger partial charge < -0.3 is 20.9 Å². The third-order valence-electron chi connectivity index (χ3n) is 2.77. The minimum Gasteiger partial charge on any atom is -0.454 e.